The Balaban J connectivity index is 1.51. The lowest BCUT2D eigenvalue weighted by molar-refractivity contribution is 0.355. The van der Waals surface area contributed by atoms with Gasteiger partial charge < -0.3 is 10.6 Å². The summed E-state index contributed by atoms with van der Waals surface area (Å²) >= 11 is 0. The van der Waals surface area contributed by atoms with Gasteiger partial charge in [0.2, 0.25) is 0 Å². The molecular weight excluding hydrogens is 246 g/mol. The summed E-state index contributed by atoms with van der Waals surface area (Å²) in [5, 5.41) is 6.85. The Kier molecular flexibility index (Phi) is 3.80. The number of rotatable bonds is 4. The van der Waals surface area contributed by atoms with Crippen molar-refractivity contribution in [2.24, 2.45) is 5.92 Å². The molecule has 1 saturated heterocycles. The maximum Gasteiger partial charge on any atom is 0.126 e. The van der Waals surface area contributed by atoms with Crippen LogP contribution in [0.15, 0.2) is 18.2 Å². The van der Waals surface area contributed by atoms with Gasteiger partial charge in [0.05, 0.1) is 0 Å². The highest BCUT2D eigenvalue weighted by atomic mass is 19.1. The fourth-order valence-electron chi connectivity index (χ4n) is 2.97. The zero-order valence-electron chi connectivity index (χ0n) is 11.0. The Hall–Kier alpha value is -1.00. The molecule has 0 radical (unpaired) electrons. The third-order valence-electron chi connectivity index (χ3n) is 4.28. The van der Waals surface area contributed by atoms with Gasteiger partial charge in [0.15, 0.2) is 0 Å². The van der Waals surface area contributed by atoms with Crippen molar-refractivity contribution in [3.8, 4) is 0 Å². The van der Waals surface area contributed by atoms with Gasteiger partial charge in [0, 0.05) is 12.0 Å². The van der Waals surface area contributed by atoms with Gasteiger partial charge in [0.25, 0.3) is 0 Å². The number of piperidine rings is 1. The van der Waals surface area contributed by atoms with Crippen LogP contribution in [0.4, 0.5) is 8.78 Å². The summed E-state index contributed by atoms with van der Waals surface area (Å²) in [6, 6.07) is 4.07. The zero-order chi connectivity index (χ0) is 13.2. The smallest absolute Gasteiger partial charge is 0.126 e. The molecule has 2 fully saturated rings. The molecule has 0 amide bonds. The lowest BCUT2D eigenvalue weighted by Crippen LogP contribution is -2.34. The summed E-state index contributed by atoms with van der Waals surface area (Å²) < 4.78 is 26.8. The molecule has 1 aliphatic heterocycles. The van der Waals surface area contributed by atoms with E-state index < -0.39 is 0 Å². The van der Waals surface area contributed by atoms with E-state index in [1.54, 1.807) is 0 Å². The third kappa shape index (κ3) is 3.12. The largest absolute Gasteiger partial charge is 0.317 e. The van der Waals surface area contributed by atoms with Crippen molar-refractivity contribution in [3.63, 3.8) is 0 Å². The topological polar surface area (TPSA) is 24.1 Å². The first-order valence-corrected chi connectivity index (χ1v) is 7.13. The molecule has 2 aliphatic rings. The first-order valence-electron chi connectivity index (χ1n) is 7.13. The summed E-state index contributed by atoms with van der Waals surface area (Å²) in [6.07, 6.45) is 3.34. The molecule has 1 aromatic carbocycles. The number of halogens is 2. The summed E-state index contributed by atoms with van der Waals surface area (Å²) in [5.74, 6) is 0.246. The van der Waals surface area contributed by atoms with E-state index in [1.807, 2.05) is 0 Å². The molecule has 1 aromatic rings. The van der Waals surface area contributed by atoms with Crippen LogP contribution in [0.1, 0.15) is 30.7 Å². The van der Waals surface area contributed by atoms with Crippen LogP contribution < -0.4 is 10.6 Å². The molecular formula is C15H20F2N2. The Morgan fingerprint density at radius 1 is 1.21 bits per heavy atom. The first kappa shape index (κ1) is 13.0. The van der Waals surface area contributed by atoms with E-state index in [-0.39, 0.29) is 17.6 Å². The molecule has 1 saturated carbocycles. The van der Waals surface area contributed by atoms with Crippen molar-refractivity contribution in [2.45, 2.75) is 31.2 Å². The second-order valence-corrected chi connectivity index (χ2v) is 5.72. The van der Waals surface area contributed by atoms with Gasteiger partial charge in [-0.1, -0.05) is 0 Å². The van der Waals surface area contributed by atoms with Crippen molar-refractivity contribution in [1.29, 1.82) is 0 Å². The van der Waals surface area contributed by atoms with E-state index in [9.17, 15) is 8.78 Å². The van der Waals surface area contributed by atoms with E-state index in [0.717, 1.165) is 32.0 Å². The van der Waals surface area contributed by atoms with Crippen molar-refractivity contribution >= 4 is 0 Å². The van der Waals surface area contributed by atoms with Gasteiger partial charge in [-0.15, -0.1) is 0 Å². The van der Waals surface area contributed by atoms with Gasteiger partial charge in [0.1, 0.15) is 11.6 Å². The van der Waals surface area contributed by atoms with Crippen molar-refractivity contribution in [3.05, 3.63) is 35.4 Å². The molecule has 1 heterocycles. The molecule has 4 heteroatoms. The number of hydrogen-bond donors (Lipinski definition) is 2. The van der Waals surface area contributed by atoms with Gasteiger partial charge in [-0.2, -0.15) is 0 Å². The quantitative estimate of drug-likeness (QED) is 0.874. The second-order valence-electron chi connectivity index (χ2n) is 5.72. The average molecular weight is 266 g/mol. The van der Waals surface area contributed by atoms with Crippen LogP contribution in [0, 0.1) is 17.6 Å². The monoisotopic (exact) mass is 266 g/mol. The van der Waals surface area contributed by atoms with Crippen LogP contribution in [0.2, 0.25) is 0 Å². The van der Waals surface area contributed by atoms with E-state index in [2.05, 4.69) is 10.6 Å². The number of hydrogen-bond acceptors (Lipinski definition) is 2. The summed E-state index contributed by atoms with van der Waals surface area (Å²) in [6.45, 7) is 3.19. The highest BCUT2D eigenvalue weighted by Crippen LogP contribution is 2.42. The highest BCUT2D eigenvalue weighted by Gasteiger charge is 2.40. The molecule has 19 heavy (non-hydrogen) atoms. The molecule has 2 N–H and O–H groups in total. The SMILES string of the molecule is Fc1ccc(F)c([C@@H]2C[C@H]2NCC2CCNCC2)c1. The molecule has 0 unspecified atom stereocenters. The van der Waals surface area contributed by atoms with Crippen LogP contribution in [-0.2, 0) is 0 Å². The lowest BCUT2D eigenvalue weighted by atomic mass is 9.98. The summed E-state index contributed by atoms with van der Waals surface area (Å²) in [7, 11) is 0. The van der Waals surface area contributed by atoms with Crippen LogP contribution in [-0.4, -0.2) is 25.7 Å². The van der Waals surface area contributed by atoms with Crippen LogP contribution in [0.5, 0.6) is 0 Å². The summed E-state index contributed by atoms with van der Waals surface area (Å²) in [5.41, 5.74) is 0.530. The van der Waals surface area contributed by atoms with Gasteiger partial charge in [-0.3, -0.25) is 0 Å². The predicted molar refractivity (Wildman–Crippen MR) is 71.1 cm³/mol. The van der Waals surface area contributed by atoms with Crippen LogP contribution in [0.25, 0.3) is 0 Å². The van der Waals surface area contributed by atoms with Crippen LogP contribution in [0.3, 0.4) is 0 Å². The Labute approximate surface area is 112 Å². The average Bonchev–Trinajstić information content (AvgIpc) is 3.20. The Bertz CT molecular complexity index is 444. The standard InChI is InChI=1S/C15H20F2N2/c16-11-1-2-14(17)12(7-11)13-8-15(13)19-9-10-3-5-18-6-4-10/h1-2,7,10,13,15,18-19H,3-6,8-9H2/t13-,15+/m0/s1. The maximum absolute atomic E-state index is 13.6. The van der Waals surface area contributed by atoms with Crippen molar-refractivity contribution in [1.82, 2.24) is 10.6 Å². The second kappa shape index (κ2) is 5.55. The Morgan fingerprint density at radius 2 is 2.00 bits per heavy atom. The number of nitrogens with one attached hydrogen (secondary N) is 2. The fraction of sp³-hybridized carbons (Fsp3) is 0.600. The third-order valence-corrected chi connectivity index (χ3v) is 4.28. The normalized spacial score (nSPS) is 27.5. The number of benzene rings is 1. The molecule has 3 rings (SSSR count). The Morgan fingerprint density at radius 3 is 2.79 bits per heavy atom. The molecule has 2 atom stereocenters. The molecule has 0 spiro atoms. The predicted octanol–water partition coefficient (Wildman–Crippen LogP) is 2.41. The van der Waals surface area contributed by atoms with Crippen molar-refractivity contribution < 1.29 is 8.78 Å². The van der Waals surface area contributed by atoms with E-state index in [1.165, 1.54) is 31.0 Å². The van der Waals surface area contributed by atoms with E-state index in [4.69, 9.17) is 0 Å². The van der Waals surface area contributed by atoms with E-state index >= 15 is 0 Å². The van der Waals surface area contributed by atoms with Crippen molar-refractivity contribution in [2.75, 3.05) is 19.6 Å². The minimum Gasteiger partial charge on any atom is -0.317 e. The van der Waals surface area contributed by atoms with Gasteiger partial charge in [-0.25, -0.2) is 8.78 Å². The highest BCUT2D eigenvalue weighted by molar-refractivity contribution is 5.30. The molecule has 2 nitrogen and oxygen atoms in total. The van der Waals surface area contributed by atoms with E-state index in [0.29, 0.717) is 11.6 Å². The first-order chi connectivity index (χ1) is 9.24. The van der Waals surface area contributed by atoms with Gasteiger partial charge in [-0.05, 0) is 68.6 Å². The van der Waals surface area contributed by atoms with Crippen LogP contribution >= 0.6 is 0 Å². The maximum atomic E-state index is 13.6. The molecule has 0 aromatic heterocycles. The molecule has 104 valence electrons. The summed E-state index contributed by atoms with van der Waals surface area (Å²) in [4.78, 5) is 0. The minimum atomic E-state index is -0.347. The molecule has 1 aliphatic carbocycles. The zero-order valence-corrected chi connectivity index (χ0v) is 11.0. The minimum absolute atomic E-state index is 0.150. The fourth-order valence-corrected chi connectivity index (χ4v) is 2.97. The van der Waals surface area contributed by atoms with Gasteiger partial charge >= 0.3 is 0 Å². The molecule has 0 bridgehead atoms. The lowest BCUT2D eigenvalue weighted by Gasteiger charge is -2.22.